The van der Waals surface area contributed by atoms with Crippen LogP contribution in [0.5, 0.6) is 5.75 Å². The SMILES string of the molecule is COc1ccccc1NC(=O)N1CCC2(CC1)SCCN2C(=O)c1ccc(Cl)cc1Cl. The van der Waals surface area contributed by atoms with Crippen LogP contribution in [0, 0.1) is 0 Å². The molecule has 2 aliphatic heterocycles. The van der Waals surface area contributed by atoms with Crippen molar-refractivity contribution in [3.05, 3.63) is 58.1 Å². The van der Waals surface area contributed by atoms with Crippen LogP contribution in [0.3, 0.4) is 0 Å². The summed E-state index contributed by atoms with van der Waals surface area (Å²) >= 11 is 14.1. The van der Waals surface area contributed by atoms with E-state index in [9.17, 15) is 9.59 Å². The van der Waals surface area contributed by atoms with E-state index in [-0.39, 0.29) is 16.8 Å². The Kier molecular flexibility index (Phi) is 6.55. The summed E-state index contributed by atoms with van der Waals surface area (Å²) in [5.74, 6) is 1.40. The highest BCUT2D eigenvalue weighted by atomic mass is 35.5. The minimum Gasteiger partial charge on any atom is -0.495 e. The van der Waals surface area contributed by atoms with E-state index in [4.69, 9.17) is 27.9 Å². The molecular formula is C22H23Cl2N3O3S. The topological polar surface area (TPSA) is 61.9 Å². The standard InChI is InChI=1S/C22H23Cl2N3O3S/c1-30-19-5-3-2-4-18(19)25-21(29)26-10-8-22(9-11-26)27(12-13-31-22)20(28)16-7-6-15(23)14-17(16)24/h2-7,14H,8-13H2,1H3,(H,25,29). The maximum absolute atomic E-state index is 13.3. The Morgan fingerprint density at radius 1 is 1.10 bits per heavy atom. The molecule has 2 aromatic rings. The summed E-state index contributed by atoms with van der Waals surface area (Å²) in [5, 5.41) is 3.79. The molecule has 1 N–H and O–H groups in total. The van der Waals surface area contributed by atoms with Crippen molar-refractivity contribution in [2.75, 3.05) is 37.8 Å². The fraction of sp³-hybridized carbons (Fsp3) is 0.364. The molecule has 0 saturated carbocycles. The van der Waals surface area contributed by atoms with E-state index >= 15 is 0 Å². The van der Waals surface area contributed by atoms with Gasteiger partial charge >= 0.3 is 6.03 Å². The quantitative estimate of drug-likeness (QED) is 0.655. The van der Waals surface area contributed by atoms with Gasteiger partial charge in [0.25, 0.3) is 5.91 Å². The number of hydrogen-bond acceptors (Lipinski definition) is 4. The lowest BCUT2D eigenvalue weighted by Gasteiger charge is -2.44. The van der Waals surface area contributed by atoms with Crippen molar-refractivity contribution >= 4 is 52.6 Å². The number of thioether (sulfide) groups is 1. The lowest BCUT2D eigenvalue weighted by molar-refractivity contribution is 0.0586. The Labute approximate surface area is 195 Å². The van der Waals surface area contributed by atoms with Gasteiger partial charge in [-0.15, -0.1) is 11.8 Å². The summed E-state index contributed by atoms with van der Waals surface area (Å²) in [5.41, 5.74) is 1.10. The second kappa shape index (κ2) is 9.18. The van der Waals surface area contributed by atoms with Gasteiger partial charge in [-0.2, -0.15) is 0 Å². The molecule has 164 valence electrons. The number of methoxy groups -OCH3 is 1. The first-order valence-corrected chi connectivity index (χ1v) is 11.8. The Morgan fingerprint density at radius 3 is 2.55 bits per heavy atom. The number of hydrogen-bond donors (Lipinski definition) is 1. The molecule has 2 saturated heterocycles. The molecule has 0 bridgehead atoms. The number of urea groups is 1. The van der Waals surface area contributed by atoms with Crippen LogP contribution >= 0.6 is 35.0 Å². The summed E-state index contributed by atoms with van der Waals surface area (Å²) < 4.78 is 5.31. The van der Waals surface area contributed by atoms with Gasteiger partial charge < -0.3 is 19.9 Å². The number of carbonyl (C=O) groups excluding carboxylic acids is 2. The second-order valence-electron chi connectivity index (χ2n) is 7.49. The van der Waals surface area contributed by atoms with Crippen molar-refractivity contribution in [1.29, 1.82) is 0 Å². The molecule has 0 radical (unpaired) electrons. The van der Waals surface area contributed by atoms with Crippen LogP contribution in [0.4, 0.5) is 10.5 Å². The zero-order valence-electron chi connectivity index (χ0n) is 17.1. The van der Waals surface area contributed by atoms with Crippen molar-refractivity contribution in [3.8, 4) is 5.75 Å². The lowest BCUT2D eigenvalue weighted by Crippen LogP contribution is -2.54. The number of benzene rings is 2. The van der Waals surface area contributed by atoms with E-state index in [1.54, 1.807) is 48.0 Å². The molecule has 6 nitrogen and oxygen atoms in total. The third kappa shape index (κ3) is 4.45. The number of nitrogens with one attached hydrogen (secondary N) is 1. The van der Waals surface area contributed by atoms with Crippen LogP contribution in [0.2, 0.25) is 10.0 Å². The Morgan fingerprint density at radius 2 is 1.84 bits per heavy atom. The summed E-state index contributed by atoms with van der Waals surface area (Å²) in [6.07, 6.45) is 1.40. The van der Waals surface area contributed by atoms with Crippen molar-refractivity contribution in [2.45, 2.75) is 17.7 Å². The van der Waals surface area contributed by atoms with Gasteiger partial charge in [0, 0.05) is 30.4 Å². The fourth-order valence-corrected chi connectivity index (χ4v) is 6.06. The van der Waals surface area contributed by atoms with E-state index in [1.165, 1.54) is 0 Å². The molecule has 4 rings (SSSR count). The monoisotopic (exact) mass is 479 g/mol. The molecular weight excluding hydrogens is 457 g/mol. The highest BCUT2D eigenvalue weighted by molar-refractivity contribution is 8.00. The van der Waals surface area contributed by atoms with Gasteiger partial charge in [0.1, 0.15) is 5.75 Å². The average molecular weight is 480 g/mol. The number of ether oxygens (including phenoxy) is 1. The number of para-hydroxylation sites is 2. The van der Waals surface area contributed by atoms with Crippen LogP contribution in [0.25, 0.3) is 0 Å². The van der Waals surface area contributed by atoms with E-state index in [2.05, 4.69) is 5.32 Å². The summed E-state index contributed by atoms with van der Waals surface area (Å²) in [6, 6.07) is 12.1. The van der Waals surface area contributed by atoms with Crippen LogP contribution in [-0.2, 0) is 0 Å². The third-order valence-electron chi connectivity index (χ3n) is 5.76. The molecule has 2 aliphatic rings. The molecule has 1 spiro atoms. The predicted octanol–water partition coefficient (Wildman–Crippen LogP) is 5.22. The highest BCUT2D eigenvalue weighted by Gasteiger charge is 2.47. The minimum absolute atomic E-state index is 0.0846. The van der Waals surface area contributed by atoms with Gasteiger partial charge in [0.15, 0.2) is 0 Å². The third-order valence-corrected chi connectivity index (χ3v) is 7.87. The number of carbonyl (C=O) groups is 2. The number of halogens is 2. The van der Waals surface area contributed by atoms with Crippen LogP contribution in [0.1, 0.15) is 23.2 Å². The second-order valence-corrected chi connectivity index (χ2v) is 9.79. The van der Waals surface area contributed by atoms with Crippen molar-refractivity contribution in [1.82, 2.24) is 9.80 Å². The average Bonchev–Trinajstić information content (AvgIpc) is 3.17. The number of nitrogens with zero attached hydrogens (tertiary/aromatic N) is 2. The largest absolute Gasteiger partial charge is 0.495 e. The molecule has 0 atom stereocenters. The summed E-state index contributed by atoms with van der Waals surface area (Å²) in [4.78, 5) is 29.4. The van der Waals surface area contributed by atoms with Gasteiger partial charge in [-0.05, 0) is 43.2 Å². The van der Waals surface area contributed by atoms with E-state index in [0.717, 1.165) is 5.75 Å². The molecule has 3 amide bonds. The number of anilines is 1. The minimum atomic E-state index is -0.318. The molecule has 2 fully saturated rings. The van der Waals surface area contributed by atoms with Gasteiger partial charge in [-0.3, -0.25) is 4.79 Å². The predicted molar refractivity (Wildman–Crippen MR) is 126 cm³/mol. The van der Waals surface area contributed by atoms with Crippen LogP contribution in [-0.4, -0.2) is 59.1 Å². The maximum atomic E-state index is 13.3. The Bertz CT molecular complexity index is 996. The zero-order valence-corrected chi connectivity index (χ0v) is 19.4. The first-order chi connectivity index (χ1) is 14.9. The number of amides is 3. The van der Waals surface area contributed by atoms with Gasteiger partial charge in [0.05, 0.1) is 28.3 Å². The molecule has 0 unspecified atom stereocenters. The number of rotatable bonds is 3. The van der Waals surface area contributed by atoms with Crippen LogP contribution < -0.4 is 10.1 Å². The van der Waals surface area contributed by atoms with Crippen molar-refractivity contribution in [3.63, 3.8) is 0 Å². The fourth-order valence-electron chi connectivity index (χ4n) is 4.12. The zero-order chi connectivity index (χ0) is 22.0. The van der Waals surface area contributed by atoms with Gasteiger partial charge in [-0.1, -0.05) is 35.3 Å². The number of likely N-dealkylation sites (tertiary alicyclic amines) is 1. The smallest absolute Gasteiger partial charge is 0.321 e. The van der Waals surface area contributed by atoms with E-state index in [0.29, 0.717) is 59.5 Å². The van der Waals surface area contributed by atoms with Gasteiger partial charge in [0.2, 0.25) is 0 Å². The first kappa shape index (κ1) is 22.1. The molecule has 9 heteroatoms. The summed E-state index contributed by atoms with van der Waals surface area (Å²) in [7, 11) is 1.57. The molecule has 2 aromatic carbocycles. The maximum Gasteiger partial charge on any atom is 0.321 e. The number of piperidine rings is 1. The molecule has 2 heterocycles. The van der Waals surface area contributed by atoms with Gasteiger partial charge in [-0.25, -0.2) is 4.79 Å². The van der Waals surface area contributed by atoms with Crippen LogP contribution in [0.15, 0.2) is 42.5 Å². The summed E-state index contributed by atoms with van der Waals surface area (Å²) in [6.45, 7) is 1.79. The highest BCUT2D eigenvalue weighted by Crippen LogP contribution is 2.45. The van der Waals surface area contributed by atoms with E-state index in [1.807, 2.05) is 23.1 Å². The first-order valence-electron chi connectivity index (χ1n) is 10.0. The molecule has 0 aromatic heterocycles. The normalized spacial score (nSPS) is 17.6. The van der Waals surface area contributed by atoms with E-state index < -0.39 is 0 Å². The van der Waals surface area contributed by atoms with Crippen molar-refractivity contribution in [2.24, 2.45) is 0 Å². The Balaban J connectivity index is 1.44. The lowest BCUT2D eigenvalue weighted by atomic mass is 10.0. The Hall–Kier alpha value is -2.09. The molecule has 31 heavy (non-hydrogen) atoms. The molecule has 0 aliphatic carbocycles. The van der Waals surface area contributed by atoms with Crippen molar-refractivity contribution < 1.29 is 14.3 Å².